The van der Waals surface area contributed by atoms with Gasteiger partial charge in [-0.15, -0.1) is 0 Å². The number of rotatable bonds is 4. The Morgan fingerprint density at radius 3 is 2.38 bits per heavy atom. The van der Waals surface area contributed by atoms with Crippen LogP contribution in [0.5, 0.6) is 5.75 Å². The summed E-state index contributed by atoms with van der Waals surface area (Å²) in [4.78, 5) is 25.0. The zero-order valence-corrected chi connectivity index (χ0v) is 14.3. The minimum atomic E-state index is -0.418. The number of amides is 1. The van der Waals surface area contributed by atoms with E-state index in [0.29, 0.717) is 17.9 Å². The molecule has 0 unspecified atom stereocenters. The Morgan fingerprint density at radius 1 is 1.12 bits per heavy atom. The fourth-order valence-electron chi connectivity index (χ4n) is 2.05. The molecule has 0 radical (unpaired) electrons. The second-order valence-corrected chi connectivity index (χ2v) is 5.33. The van der Waals surface area contributed by atoms with Crippen molar-refractivity contribution < 1.29 is 9.53 Å². The van der Waals surface area contributed by atoms with Crippen LogP contribution in [-0.2, 0) is 6.54 Å². The number of ether oxygens (including phenoxy) is 1. The van der Waals surface area contributed by atoms with Gasteiger partial charge in [0.25, 0.3) is 5.91 Å². The summed E-state index contributed by atoms with van der Waals surface area (Å²) in [6.07, 6.45) is 0. The smallest absolute Gasteiger partial charge is 0.278 e. The van der Waals surface area contributed by atoms with Gasteiger partial charge in [0.2, 0.25) is 0 Å². The zero-order valence-electron chi connectivity index (χ0n) is 14.3. The van der Waals surface area contributed by atoms with Gasteiger partial charge in [-0.25, -0.2) is 9.98 Å². The molecule has 0 fully saturated rings. The van der Waals surface area contributed by atoms with E-state index in [1.54, 1.807) is 21.0 Å². The van der Waals surface area contributed by atoms with Crippen molar-refractivity contribution in [2.45, 2.75) is 27.3 Å². The van der Waals surface area contributed by atoms with Crippen LogP contribution in [0.1, 0.15) is 33.1 Å². The van der Waals surface area contributed by atoms with E-state index >= 15 is 0 Å². The van der Waals surface area contributed by atoms with Crippen molar-refractivity contribution in [3.63, 3.8) is 0 Å². The molecule has 7 nitrogen and oxygen atoms in total. The summed E-state index contributed by atoms with van der Waals surface area (Å²) in [5.41, 5.74) is 9.04. The van der Waals surface area contributed by atoms with Crippen LogP contribution in [-0.4, -0.2) is 28.9 Å². The van der Waals surface area contributed by atoms with Crippen LogP contribution in [0.2, 0.25) is 0 Å². The highest BCUT2D eigenvalue weighted by atomic mass is 16.5. The lowest BCUT2D eigenvalue weighted by Crippen LogP contribution is -2.37. The number of nitrogens with two attached hydrogens (primary N) is 1. The fourth-order valence-corrected chi connectivity index (χ4v) is 2.05. The normalized spacial score (nSPS) is 11.2. The van der Waals surface area contributed by atoms with E-state index in [4.69, 9.17) is 10.5 Å². The van der Waals surface area contributed by atoms with Crippen LogP contribution in [0.15, 0.2) is 29.3 Å². The number of aromatic nitrogens is 2. The summed E-state index contributed by atoms with van der Waals surface area (Å²) < 4.78 is 5.10. The monoisotopic (exact) mass is 327 g/mol. The topological polar surface area (TPSA) is 102 Å². The van der Waals surface area contributed by atoms with E-state index in [1.165, 1.54) is 0 Å². The number of nitrogens with one attached hydrogen (secondary N) is 1. The van der Waals surface area contributed by atoms with Gasteiger partial charge in [-0.05, 0) is 38.5 Å². The number of aryl methyl sites for hydroxylation is 3. The van der Waals surface area contributed by atoms with Crippen molar-refractivity contribution in [3.05, 3.63) is 52.6 Å². The first kappa shape index (κ1) is 17.4. The van der Waals surface area contributed by atoms with Crippen LogP contribution >= 0.6 is 0 Å². The summed E-state index contributed by atoms with van der Waals surface area (Å²) in [5.74, 6) is 0.391. The van der Waals surface area contributed by atoms with E-state index in [9.17, 15) is 4.79 Å². The first-order valence-corrected chi connectivity index (χ1v) is 7.46. The Morgan fingerprint density at radius 2 is 1.75 bits per heavy atom. The van der Waals surface area contributed by atoms with Crippen LogP contribution in [0, 0.1) is 20.8 Å². The van der Waals surface area contributed by atoms with Crippen LogP contribution in [0.3, 0.4) is 0 Å². The maximum absolute atomic E-state index is 12.2. The molecule has 0 aliphatic rings. The summed E-state index contributed by atoms with van der Waals surface area (Å²) >= 11 is 0. The molecule has 0 spiro atoms. The largest absolute Gasteiger partial charge is 0.497 e. The van der Waals surface area contributed by atoms with Gasteiger partial charge in [0.1, 0.15) is 11.4 Å². The Balaban J connectivity index is 2.03. The zero-order chi connectivity index (χ0) is 17.7. The van der Waals surface area contributed by atoms with Crippen LogP contribution < -0.4 is 15.8 Å². The van der Waals surface area contributed by atoms with Crippen LogP contribution in [0.4, 0.5) is 0 Å². The first-order chi connectivity index (χ1) is 11.4. The fraction of sp³-hybridized carbons (Fsp3) is 0.294. The van der Waals surface area contributed by atoms with Crippen molar-refractivity contribution in [3.8, 4) is 5.75 Å². The van der Waals surface area contributed by atoms with Gasteiger partial charge < -0.3 is 10.5 Å². The molecule has 3 N–H and O–H groups in total. The van der Waals surface area contributed by atoms with Crippen molar-refractivity contribution in [2.24, 2.45) is 10.7 Å². The van der Waals surface area contributed by atoms with Gasteiger partial charge in [-0.3, -0.25) is 15.1 Å². The lowest BCUT2D eigenvalue weighted by Gasteiger charge is -2.08. The lowest BCUT2D eigenvalue weighted by molar-refractivity contribution is 0.0970. The molecule has 0 saturated carbocycles. The van der Waals surface area contributed by atoms with Gasteiger partial charge in [0, 0.05) is 0 Å². The molecule has 2 rings (SSSR count). The number of guanidine groups is 1. The Hall–Kier alpha value is -2.96. The molecule has 0 aliphatic heterocycles. The van der Waals surface area contributed by atoms with Crippen LogP contribution in [0.25, 0.3) is 0 Å². The van der Waals surface area contributed by atoms with E-state index < -0.39 is 5.91 Å². The molecule has 126 valence electrons. The molecule has 1 aromatic carbocycles. The summed E-state index contributed by atoms with van der Waals surface area (Å²) in [6, 6.07) is 7.45. The quantitative estimate of drug-likeness (QED) is 0.656. The van der Waals surface area contributed by atoms with Gasteiger partial charge in [0.05, 0.1) is 30.7 Å². The predicted molar refractivity (Wildman–Crippen MR) is 92.0 cm³/mol. The third kappa shape index (κ3) is 4.28. The number of nitrogens with zero attached hydrogens (tertiary/aromatic N) is 3. The molecule has 1 heterocycles. The molecule has 0 atom stereocenters. The SMILES string of the molecule is COc1ccc(CN=C(N)NC(=O)c2nc(C)c(C)nc2C)cc1. The maximum atomic E-state index is 12.2. The van der Waals surface area contributed by atoms with E-state index in [0.717, 1.165) is 17.0 Å². The number of hydrogen-bond donors (Lipinski definition) is 2. The first-order valence-electron chi connectivity index (χ1n) is 7.46. The van der Waals surface area contributed by atoms with E-state index in [2.05, 4.69) is 20.3 Å². The Bertz CT molecular complexity index is 769. The highest BCUT2D eigenvalue weighted by Crippen LogP contribution is 2.12. The second kappa shape index (κ2) is 7.54. The Labute approximate surface area is 141 Å². The number of carbonyl (C=O) groups is 1. The minimum Gasteiger partial charge on any atom is -0.497 e. The molecule has 1 amide bonds. The Kier molecular flexibility index (Phi) is 5.47. The number of hydrogen-bond acceptors (Lipinski definition) is 5. The molecular formula is C17H21N5O2. The second-order valence-electron chi connectivity index (χ2n) is 5.33. The van der Waals surface area contributed by atoms with Gasteiger partial charge >= 0.3 is 0 Å². The summed E-state index contributed by atoms with van der Waals surface area (Å²) in [6.45, 7) is 5.74. The third-order valence-corrected chi connectivity index (χ3v) is 3.53. The minimum absolute atomic E-state index is 0.0373. The maximum Gasteiger partial charge on any atom is 0.278 e. The summed E-state index contributed by atoms with van der Waals surface area (Å²) in [5, 5.41) is 2.54. The molecule has 0 saturated heterocycles. The van der Waals surface area contributed by atoms with Crippen molar-refractivity contribution in [1.29, 1.82) is 0 Å². The molecule has 2 aromatic rings. The van der Waals surface area contributed by atoms with E-state index in [-0.39, 0.29) is 11.7 Å². The van der Waals surface area contributed by atoms with Gasteiger partial charge in [-0.2, -0.15) is 0 Å². The number of carbonyl (C=O) groups excluding carboxylic acids is 1. The molecule has 0 bridgehead atoms. The van der Waals surface area contributed by atoms with E-state index in [1.807, 2.05) is 31.2 Å². The number of benzene rings is 1. The molecule has 1 aromatic heterocycles. The molecule has 24 heavy (non-hydrogen) atoms. The lowest BCUT2D eigenvalue weighted by atomic mass is 10.2. The van der Waals surface area contributed by atoms with Gasteiger partial charge in [-0.1, -0.05) is 12.1 Å². The standard InChI is InChI=1S/C17H21N5O2/c1-10-11(2)21-15(12(3)20-10)16(23)22-17(18)19-9-13-5-7-14(24-4)8-6-13/h5-8H,9H2,1-4H3,(H3,18,19,22,23). The van der Waals surface area contributed by atoms with Crippen molar-refractivity contribution in [1.82, 2.24) is 15.3 Å². The highest BCUT2D eigenvalue weighted by molar-refractivity contribution is 6.04. The third-order valence-electron chi connectivity index (χ3n) is 3.53. The van der Waals surface area contributed by atoms with Crippen molar-refractivity contribution >= 4 is 11.9 Å². The highest BCUT2D eigenvalue weighted by Gasteiger charge is 2.14. The molecule has 0 aliphatic carbocycles. The van der Waals surface area contributed by atoms with Gasteiger partial charge in [0.15, 0.2) is 5.96 Å². The number of methoxy groups -OCH3 is 1. The number of aliphatic imine (C=N–C) groups is 1. The molecular weight excluding hydrogens is 306 g/mol. The predicted octanol–water partition coefficient (Wildman–Crippen LogP) is 1.66. The average molecular weight is 327 g/mol. The average Bonchev–Trinajstić information content (AvgIpc) is 2.56. The van der Waals surface area contributed by atoms with Crippen molar-refractivity contribution in [2.75, 3.05) is 7.11 Å². The molecule has 7 heteroatoms. The summed E-state index contributed by atoms with van der Waals surface area (Å²) in [7, 11) is 1.61.